The number of benzene rings is 1. The average Bonchev–Trinajstić information content (AvgIpc) is 2.99. The number of nitrogens with one attached hydrogen (secondary N) is 1. The van der Waals surface area contributed by atoms with Crippen molar-refractivity contribution in [2.75, 3.05) is 20.2 Å². The Morgan fingerprint density at radius 1 is 1.38 bits per heavy atom. The molecule has 1 heterocycles. The van der Waals surface area contributed by atoms with Crippen molar-refractivity contribution in [3.63, 3.8) is 0 Å². The molecule has 2 rings (SSSR count). The molecule has 1 amide bonds. The van der Waals surface area contributed by atoms with E-state index in [1.807, 2.05) is 10.2 Å². The predicted octanol–water partition coefficient (Wildman–Crippen LogP) is 2.12. The first-order valence-electron chi connectivity index (χ1n) is 7.56. The van der Waals surface area contributed by atoms with Crippen LogP contribution in [0.4, 0.5) is 13.2 Å². The Labute approximate surface area is 137 Å². The van der Waals surface area contributed by atoms with E-state index >= 15 is 0 Å². The summed E-state index contributed by atoms with van der Waals surface area (Å²) in [6.45, 7) is -0.324. The highest BCUT2D eigenvalue weighted by Crippen LogP contribution is 2.21. The zero-order chi connectivity index (χ0) is 17.7. The molecule has 5 nitrogen and oxygen atoms in total. The molecule has 0 saturated carbocycles. The minimum Gasteiger partial charge on any atom is -0.465 e. The van der Waals surface area contributed by atoms with Gasteiger partial charge in [0.25, 0.3) is 0 Å². The molecule has 1 saturated heterocycles. The van der Waals surface area contributed by atoms with Gasteiger partial charge in [-0.05, 0) is 37.1 Å². The van der Waals surface area contributed by atoms with Crippen LogP contribution in [0.15, 0.2) is 24.3 Å². The number of methoxy groups -OCH3 is 1. The number of ether oxygens (including phenoxy) is 1. The summed E-state index contributed by atoms with van der Waals surface area (Å²) in [5, 5.41) is 1.94. The number of amides is 1. The fourth-order valence-electron chi connectivity index (χ4n) is 2.77. The van der Waals surface area contributed by atoms with E-state index in [1.165, 1.54) is 7.11 Å². The van der Waals surface area contributed by atoms with Gasteiger partial charge in [-0.25, -0.2) is 4.79 Å². The molecule has 0 radical (unpaired) electrons. The lowest BCUT2D eigenvalue weighted by Crippen LogP contribution is -2.45. The summed E-state index contributed by atoms with van der Waals surface area (Å²) in [5.41, 5.74) is 1.20. The minimum atomic E-state index is -4.42. The van der Waals surface area contributed by atoms with E-state index < -0.39 is 30.6 Å². The molecule has 1 fully saturated rings. The van der Waals surface area contributed by atoms with E-state index in [9.17, 15) is 22.8 Å². The van der Waals surface area contributed by atoms with Gasteiger partial charge in [0.15, 0.2) is 0 Å². The number of nitrogens with zero attached hydrogens (tertiary/aromatic N) is 1. The number of hydrogen-bond donors (Lipinski definition) is 1. The summed E-state index contributed by atoms with van der Waals surface area (Å²) >= 11 is 0. The van der Waals surface area contributed by atoms with Crippen LogP contribution in [0, 0.1) is 0 Å². The Kier molecular flexibility index (Phi) is 5.82. The van der Waals surface area contributed by atoms with Gasteiger partial charge in [0.05, 0.1) is 18.7 Å². The lowest BCUT2D eigenvalue weighted by atomic mass is 10.1. The zero-order valence-electron chi connectivity index (χ0n) is 13.2. The standard InChI is InChI=1S/C16H19F3N2O3/c1-24-15(23)12-5-2-4-11(8-12)9-21-7-3-6-13(21)14(22)20-10-16(17,18)19/h2,4-5,8,13H,3,6-7,9-10H2,1H3,(H,20,22)/t13-/m0/s1. The molecule has 1 aromatic rings. The van der Waals surface area contributed by atoms with Gasteiger partial charge in [-0.1, -0.05) is 12.1 Å². The van der Waals surface area contributed by atoms with Gasteiger partial charge in [0, 0.05) is 6.54 Å². The normalized spacial score (nSPS) is 18.4. The van der Waals surface area contributed by atoms with Gasteiger partial charge in [-0.3, -0.25) is 9.69 Å². The average molecular weight is 344 g/mol. The largest absolute Gasteiger partial charge is 0.465 e. The summed E-state index contributed by atoms with van der Waals surface area (Å²) in [5.74, 6) is -1.08. The SMILES string of the molecule is COC(=O)c1cccc(CN2CCC[C@H]2C(=O)NCC(F)(F)F)c1. The molecule has 0 spiro atoms. The van der Waals surface area contributed by atoms with Gasteiger partial charge in [-0.15, -0.1) is 0 Å². The summed E-state index contributed by atoms with van der Waals surface area (Å²) in [6, 6.07) is 6.20. The van der Waals surface area contributed by atoms with Crippen molar-refractivity contribution in [3.8, 4) is 0 Å². The lowest BCUT2D eigenvalue weighted by molar-refractivity contribution is -0.141. The molecule has 1 aromatic carbocycles. The molecule has 1 N–H and O–H groups in total. The van der Waals surface area contributed by atoms with Gasteiger partial charge >= 0.3 is 12.1 Å². The van der Waals surface area contributed by atoms with Gasteiger partial charge < -0.3 is 10.1 Å². The van der Waals surface area contributed by atoms with Crippen LogP contribution in [-0.2, 0) is 16.1 Å². The predicted molar refractivity (Wildman–Crippen MR) is 80.3 cm³/mol. The number of rotatable bonds is 5. The topological polar surface area (TPSA) is 58.6 Å². The van der Waals surface area contributed by atoms with Crippen molar-refractivity contribution in [1.82, 2.24) is 10.2 Å². The fourth-order valence-corrected chi connectivity index (χ4v) is 2.77. The second-order valence-electron chi connectivity index (χ2n) is 5.65. The fraction of sp³-hybridized carbons (Fsp3) is 0.500. The number of hydrogen-bond acceptors (Lipinski definition) is 4. The highest BCUT2D eigenvalue weighted by Gasteiger charge is 2.34. The van der Waals surface area contributed by atoms with Crippen LogP contribution < -0.4 is 5.32 Å². The van der Waals surface area contributed by atoms with Crippen LogP contribution in [0.5, 0.6) is 0 Å². The number of likely N-dealkylation sites (tertiary alicyclic amines) is 1. The van der Waals surface area contributed by atoms with E-state index in [0.717, 1.165) is 12.0 Å². The third kappa shape index (κ3) is 4.95. The Hall–Kier alpha value is -2.09. The highest BCUT2D eigenvalue weighted by molar-refractivity contribution is 5.89. The summed E-state index contributed by atoms with van der Waals surface area (Å²) < 4.78 is 41.3. The molecule has 1 aliphatic heterocycles. The molecule has 0 aromatic heterocycles. The Morgan fingerprint density at radius 2 is 2.12 bits per heavy atom. The van der Waals surface area contributed by atoms with Crippen molar-refractivity contribution in [2.45, 2.75) is 31.6 Å². The second kappa shape index (κ2) is 7.65. The maximum atomic E-state index is 12.2. The molecule has 24 heavy (non-hydrogen) atoms. The number of carbonyl (C=O) groups is 2. The van der Waals surface area contributed by atoms with Crippen LogP contribution in [0.1, 0.15) is 28.8 Å². The monoisotopic (exact) mass is 344 g/mol. The third-order valence-electron chi connectivity index (χ3n) is 3.86. The molecule has 1 aliphatic rings. The van der Waals surface area contributed by atoms with Crippen molar-refractivity contribution in [3.05, 3.63) is 35.4 Å². The van der Waals surface area contributed by atoms with Crippen molar-refractivity contribution in [1.29, 1.82) is 0 Å². The van der Waals surface area contributed by atoms with E-state index in [1.54, 1.807) is 24.3 Å². The number of alkyl halides is 3. The summed E-state index contributed by atoms with van der Waals surface area (Å²) in [6.07, 6.45) is -3.17. The summed E-state index contributed by atoms with van der Waals surface area (Å²) in [7, 11) is 1.29. The smallest absolute Gasteiger partial charge is 0.405 e. The third-order valence-corrected chi connectivity index (χ3v) is 3.86. The molecular formula is C16H19F3N2O3. The van der Waals surface area contributed by atoms with Crippen LogP contribution in [0.25, 0.3) is 0 Å². The molecule has 0 bridgehead atoms. The van der Waals surface area contributed by atoms with E-state index in [2.05, 4.69) is 4.74 Å². The second-order valence-corrected chi connectivity index (χ2v) is 5.65. The number of carbonyl (C=O) groups excluding carboxylic acids is 2. The number of halogens is 3. The van der Waals surface area contributed by atoms with Gasteiger partial charge in [-0.2, -0.15) is 13.2 Å². The van der Waals surface area contributed by atoms with Crippen LogP contribution in [0.2, 0.25) is 0 Å². The van der Waals surface area contributed by atoms with E-state index in [4.69, 9.17) is 0 Å². The van der Waals surface area contributed by atoms with Crippen LogP contribution in [-0.4, -0.2) is 49.2 Å². The summed E-state index contributed by atoms with van der Waals surface area (Å²) in [4.78, 5) is 25.4. The molecular weight excluding hydrogens is 325 g/mol. The highest BCUT2D eigenvalue weighted by atomic mass is 19.4. The molecule has 1 atom stereocenters. The first-order chi connectivity index (χ1) is 11.3. The van der Waals surface area contributed by atoms with Gasteiger partial charge in [0.2, 0.25) is 5.91 Å². The van der Waals surface area contributed by atoms with Crippen molar-refractivity contribution >= 4 is 11.9 Å². The first kappa shape index (κ1) is 18.3. The quantitative estimate of drug-likeness (QED) is 0.832. The maximum Gasteiger partial charge on any atom is 0.405 e. The minimum absolute atomic E-state index is 0.384. The number of esters is 1. The molecule has 8 heteroatoms. The molecule has 132 valence electrons. The van der Waals surface area contributed by atoms with E-state index in [0.29, 0.717) is 25.1 Å². The Bertz CT molecular complexity index is 604. The maximum absolute atomic E-state index is 12.2. The molecule has 0 unspecified atom stereocenters. The first-order valence-corrected chi connectivity index (χ1v) is 7.56. The van der Waals surface area contributed by atoms with Crippen LogP contribution >= 0.6 is 0 Å². The zero-order valence-corrected chi connectivity index (χ0v) is 13.2. The van der Waals surface area contributed by atoms with Crippen molar-refractivity contribution in [2.24, 2.45) is 0 Å². The lowest BCUT2D eigenvalue weighted by Gasteiger charge is -2.24. The Morgan fingerprint density at radius 3 is 2.79 bits per heavy atom. The van der Waals surface area contributed by atoms with Crippen LogP contribution in [0.3, 0.4) is 0 Å². The van der Waals surface area contributed by atoms with Crippen molar-refractivity contribution < 1.29 is 27.5 Å². The Balaban J connectivity index is 2.01. The van der Waals surface area contributed by atoms with E-state index in [-0.39, 0.29) is 0 Å². The van der Waals surface area contributed by atoms with Gasteiger partial charge in [0.1, 0.15) is 6.54 Å². The molecule has 0 aliphatic carbocycles.